The molecule has 0 amide bonds. The van der Waals surface area contributed by atoms with Crippen molar-refractivity contribution >= 4 is 15.9 Å². The van der Waals surface area contributed by atoms with Crippen molar-refractivity contribution in [3.05, 3.63) is 58.1 Å². The van der Waals surface area contributed by atoms with Crippen molar-refractivity contribution in [2.24, 2.45) is 0 Å². The van der Waals surface area contributed by atoms with E-state index in [-0.39, 0.29) is 6.04 Å². The molecule has 4 heteroatoms. The minimum Gasteiger partial charge on any atom is -0.497 e. The molecule has 2 aromatic rings. The minimum absolute atomic E-state index is 0.268. The zero-order valence-electron chi connectivity index (χ0n) is 12.5. The van der Waals surface area contributed by atoms with Crippen molar-refractivity contribution < 1.29 is 9.47 Å². The van der Waals surface area contributed by atoms with Crippen LogP contribution in [0.2, 0.25) is 0 Å². The molecule has 0 aromatic heterocycles. The Balaban J connectivity index is 2.03. The SMILES string of the molecule is COc1ccc(CNC(C)c2ccc(Br)cc2)c(OC)c1. The second kappa shape index (κ2) is 7.48. The highest BCUT2D eigenvalue weighted by molar-refractivity contribution is 9.10. The first-order valence-electron chi connectivity index (χ1n) is 6.83. The molecule has 0 aliphatic heterocycles. The van der Waals surface area contributed by atoms with Crippen LogP contribution >= 0.6 is 15.9 Å². The van der Waals surface area contributed by atoms with Crippen LogP contribution in [0, 0.1) is 0 Å². The van der Waals surface area contributed by atoms with Gasteiger partial charge >= 0.3 is 0 Å². The fraction of sp³-hybridized carbons (Fsp3) is 0.294. The molecule has 0 saturated carbocycles. The Hall–Kier alpha value is -1.52. The molecule has 112 valence electrons. The van der Waals surface area contributed by atoms with Crippen molar-refractivity contribution in [3.8, 4) is 11.5 Å². The highest BCUT2D eigenvalue weighted by Crippen LogP contribution is 2.25. The van der Waals surface area contributed by atoms with Crippen molar-refractivity contribution in [1.29, 1.82) is 0 Å². The molecular formula is C17H20BrNO2. The number of hydrogen-bond donors (Lipinski definition) is 1. The van der Waals surface area contributed by atoms with Gasteiger partial charge in [0.15, 0.2) is 0 Å². The molecule has 0 aliphatic carbocycles. The summed E-state index contributed by atoms with van der Waals surface area (Å²) in [6.45, 7) is 2.89. The Labute approximate surface area is 134 Å². The molecule has 0 radical (unpaired) electrons. The second-order valence-electron chi connectivity index (χ2n) is 4.83. The average molecular weight is 350 g/mol. The summed E-state index contributed by atoms with van der Waals surface area (Å²) in [5.41, 5.74) is 2.37. The molecule has 1 N–H and O–H groups in total. The Morgan fingerprint density at radius 2 is 1.76 bits per heavy atom. The van der Waals surface area contributed by atoms with Gasteiger partial charge in [0.25, 0.3) is 0 Å². The highest BCUT2D eigenvalue weighted by atomic mass is 79.9. The summed E-state index contributed by atoms with van der Waals surface area (Å²) in [4.78, 5) is 0. The van der Waals surface area contributed by atoms with Gasteiger partial charge in [-0.2, -0.15) is 0 Å². The first kappa shape index (κ1) is 15.9. The van der Waals surface area contributed by atoms with Crippen LogP contribution < -0.4 is 14.8 Å². The Morgan fingerprint density at radius 1 is 1.05 bits per heavy atom. The van der Waals surface area contributed by atoms with Crippen molar-refractivity contribution in [1.82, 2.24) is 5.32 Å². The second-order valence-corrected chi connectivity index (χ2v) is 5.75. The van der Waals surface area contributed by atoms with Gasteiger partial charge in [-0.3, -0.25) is 0 Å². The summed E-state index contributed by atoms with van der Waals surface area (Å²) in [6.07, 6.45) is 0. The van der Waals surface area contributed by atoms with Crippen molar-refractivity contribution in [2.45, 2.75) is 19.5 Å². The standard InChI is InChI=1S/C17H20BrNO2/c1-12(13-4-7-15(18)8-5-13)19-11-14-6-9-16(20-2)10-17(14)21-3/h4-10,12,19H,11H2,1-3H3. The third-order valence-corrected chi connectivity index (χ3v) is 3.99. The summed E-state index contributed by atoms with van der Waals surface area (Å²) in [6, 6.07) is 14.5. The van der Waals surface area contributed by atoms with E-state index in [0.29, 0.717) is 0 Å². The number of methoxy groups -OCH3 is 2. The van der Waals surface area contributed by atoms with E-state index >= 15 is 0 Å². The third-order valence-electron chi connectivity index (χ3n) is 3.46. The molecule has 0 heterocycles. The number of hydrogen-bond acceptors (Lipinski definition) is 3. The van der Waals surface area contributed by atoms with Gasteiger partial charge in [-0.25, -0.2) is 0 Å². The Kier molecular flexibility index (Phi) is 5.65. The zero-order chi connectivity index (χ0) is 15.2. The first-order valence-corrected chi connectivity index (χ1v) is 7.63. The van der Waals surface area contributed by atoms with E-state index in [1.165, 1.54) is 5.56 Å². The van der Waals surface area contributed by atoms with Crippen molar-refractivity contribution in [3.63, 3.8) is 0 Å². The fourth-order valence-electron chi connectivity index (χ4n) is 2.13. The van der Waals surface area contributed by atoms with Crippen LogP contribution in [-0.2, 0) is 6.54 Å². The molecule has 0 fully saturated rings. The van der Waals surface area contributed by atoms with Gasteiger partial charge < -0.3 is 14.8 Å². The van der Waals surface area contributed by atoms with Crippen LogP contribution in [0.1, 0.15) is 24.1 Å². The zero-order valence-corrected chi connectivity index (χ0v) is 14.1. The lowest BCUT2D eigenvalue weighted by atomic mass is 10.1. The highest BCUT2D eigenvalue weighted by Gasteiger charge is 2.08. The van der Waals surface area contributed by atoms with E-state index in [4.69, 9.17) is 9.47 Å². The lowest BCUT2D eigenvalue weighted by molar-refractivity contribution is 0.389. The van der Waals surface area contributed by atoms with Gasteiger partial charge in [0.05, 0.1) is 14.2 Å². The van der Waals surface area contributed by atoms with Crippen LogP contribution in [-0.4, -0.2) is 14.2 Å². The fourth-order valence-corrected chi connectivity index (χ4v) is 2.39. The normalized spacial score (nSPS) is 12.0. The molecule has 3 nitrogen and oxygen atoms in total. The minimum atomic E-state index is 0.268. The van der Waals surface area contributed by atoms with Gasteiger partial charge in [-0.15, -0.1) is 0 Å². The molecule has 21 heavy (non-hydrogen) atoms. The molecular weight excluding hydrogens is 330 g/mol. The monoisotopic (exact) mass is 349 g/mol. The largest absolute Gasteiger partial charge is 0.497 e. The molecule has 2 rings (SSSR count). The van der Waals surface area contributed by atoms with E-state index in [2.05, 4.69) is 52.4 Å². The third kappa shape index (κ3) is 4.22. The van der Waals surface area contributed by atoms with Crippen LogP contribution in [0.15, 0.2) is 46.9 Å². The number of ether oxygens (including phenoxy) is 2. The van der Waals surface area contributed by atoms with Gasteiger partial charge in [-0.05, 0) is 30.7 Å². The first-order chi connectivity index (χ1) is 10.1. The number of halogens is 1. The molecule has 0 saturated heterocycles. The maximum atomic E-state index is 5.42. The summed E-state index contributed by atoms with van der Waals surface area (Å²) in [7, 11) is 3.33. The summed E-state index contributed by atoms with van der Waals surface area (Å²) in [5, 5.41) is 3.51. The molecule has 0 spiro atoms. The van der Waals surface area contributed by atoms with Gasteiger partial charge in [-0.1, -0.05) is 34.1 Å². The topological polar surface area (TPSA) is 30.5 Å². The van der Waals surface area contributed by atoms with E-state index in [1.54, 1.807) is 14.2 Å². The number of rotatable bonds is 6. The smallest absolute Gasteiger partial charge is 0.127 e. The van der Waals surface area contributed by atoms with E-state index in [0.717, 1.165) is 28.1 Å². The molecule has 1 atom stereocenters. The molecule has 0 bridgehead atoms. The maximum Gasteiger partial charge on any atom is 0.127 e. The molecule has 1 unspecified atom stereocenters. The van der Waals surface area contributed by atoms with Crippen molar-refractivity contribution in [2.75, 3.05) is 14.2 Å². The van der Waals surface area contributed by atoms with E-state index < -0.39 is 0 Å². The van der Waals surface area contributed by atoms with Crippen LogP contribution in [0.3, 0.4) is 0 Å². The lowest BCUT2D eigenvalue weighted by Crippen LogP contribution is -2.18. The summed E-state index contributed by atoms with van der Waals surface area (Å²) in [5.74, 6) is 1.64. The summed E-state index contributed by atoms with van der Waals surface area (Å²) >= 11 is 3.45. The Bertz CT molecular complexity index is 584. The van der Waals surface area contributed by atoms with E-state index in [9.17, 15) is 0 Å². The predicted molar refractivity (Wildman–Crippen MR) is 88.9 cm³/mol. The van der Waals surface area contributed by atoms with Gasteiger partial charge in [0, 0.05) is 28.7 Å². The number of nitrogens with one attached hydrogen (secondary N) is 1. The average Bonchev–Trinajstić information content (AvgIpc) is 2.53. The molecule has 2 aromatic carbocycles. The quantitative estimate of drug-likeness (QED) is 0.842. The molecule has 0 aliphatic rings. The predicted octanol–water partition coefficient (Wildman–Crippen LogP) is 4.32. The van der Waals surface area contributed by atoms with Gasteiger partial charge in [0.1, 0.15) is 11.5 Å². The van der Waals surface area contributed by atoms with Gasteiger partial charge in [0.2, 0.25) is 0 Å². The number of benzene rings is 2. The van der Waals surface area contributed by atoms with Crippen LogP contribution in [0.25, 0.3) is 0 Å². The van der Waals surface area contributed by atoms with Crippen LogP contribution in [0.4, 0.5) is 0 Å². The Morgan fingerprint density at radius 3 is 2.38 bits per heavy atom. The van der Waals surface area contributed by atoms with E-state index in [1.807, 2.05) is 18.2 Å². The summed E-state index contributed by atoms with van der Waals surface area (Å²) < 4.78 is 11.7. The lowest BCUT2D eigenvalue weighted by Gasteiger charge is -2.16. The van der Waals surface area contributed by atoms with Crippen LogP contribution in [0.5, 0.6) is 11.5 Å². The maximum absolute atomic E-state index is 5.42.